The summed E-state index contributed by atoms with van der Waals surface area (Å²) in [5.74, 6) is 1.66. The van der Waals surface area contributed by atoms with Crippen molar-refractivity contribution in [3.63, 3.8) is 0 Å². The first-order valence-electron chi connectivity index (χ1n) is 6.61. The number of allylic oxidation sites excluding steroid dienone is 2. The molecule has 2 nitrogen and oxygen atoms in total. The Hall–Kier alpha value is -2.48. The average Bonchev–Trinajstić information content (AvgIpc) is 2.45. The standard InChI is InChI=1S/C18H16O2/c1-12(2)10-11-13-6-5-9-16-17(13)18(19)14-7-3-4-8-15(14)20-16/h3-11,19H,1-2H3/b13-11+. The number of benzene rings is 2. The van der Waals surface area contributed by atoms with Crippen molar-refractivity contribution in [1.29, 1.82) is 0 Å². The summed E-state index contributed by atoms with van der Waals surface area (Å²) in [7, 11) is 0. The predicted molar refractivity (Wildman–Crippen MR) is 81.2 cm³/mol. The molecule has 0 saturated heterocycles. The van der Waals surface area contributed by atoms with E-state index in [4.69, 9.17) is 4.74 Å². The van der Waals surface area contributed by atoms with Crippen LogP contribution in [0.5, 0.6) is 11.5 Å². The van der Waals surface area contributed by atoms with E-state index in [0.29, 0.717) is 11.5 Å². The van der Waals surface area contributed by atoms with Crippen molar-refractivity contribution in [1.82, 2.24) is 0 Å². The van der Waals surface area contributed by atoms with Gasteiger partial charge in [-0.25, -0.2) is 0 Å². The molecule has 100 valence electrons. The molecule has 1 N–H and O–H groups in total. The van der Waals surface area contributed by atoms with Crippen molar-refractivity contribution in [2.75, 3.05) is 0 Å². The predicted octanol–water partition coefficient (Wildman–Crippen LogP) is 3.25. The number of ether oxygens (including phenoxy) is 1. The van der Waals surface area contributed by atoms with Gasteiger partial charge in [0.2, 0.25) is 0 Å². The molecule has 0 aromatic heterocycles. The van der Waals surface area contributed by atoms with Crippen LogP contribution in [0.1, 0.15) is 19.4 Å². The molecule has 0 fully saturated rings. The Balaban J connectivity index is 2.37. The highest BCUT2D eigenvalue weighted by molar-refractivity contribution is 5.69. The first-order valence-corrected chi connectivity index (χ1v) is 6.61. The van der Waals surface area contributed by atoms with Crippen molar-refractivity contribution >= 4 is 11.8 Å². The highest BCUT2D eigenvalue weighted by Crippen LogP contribution is 2.30. The molecule has 0 saturated carbocycles. The molecule has 2 aromatic carbocycles. The van der Waals surface area contributed by atoms with Crippen molar-refractivity contribution in [2.45, 2.75) is 13.8 Å². The van der Waals surface area contributed by atoms with Gasteiger partial charge in [0.05, 0.1) is 10.8 Å². The van der Waals surface area contributed by atoms with Crippen LogP contribution in [-0.4, -0.2) is 5.11 Å². The molecular formula is C18H16O2. The molecule has 1 heterocycles. The Kier molecular flexibility index (Phi) is 3.07. The second-order valence-electron chi connectivity index (χ2n) is 5.08. The molecule has 0 aliphatic carbocycles. The molecule has 1 aliphatic rings. The van der Waals surface area contributed by atoms with Gasteiger partial charge in [-0.3, -0.25) is 0 Å². The fourth-order valence-corrected chi connectivity index (χ4v) is 2.29. The van der Waals surface area contributed by atoms with Crippen LogP contribution >= 0.6 is 0 Å². The van der Waals surface area contributed by atoms with Crippen molar-refractivity contribution in [3.8, 4) is 11.5 Å². The fraction of sp³-hybridized carbons (Fsp3) is 0.111. The minimum Gasteiger partial charge on any atom is -0.506 e. The second-order valence-corrected chi connectivity index (χ2v) is 5.08. The number of aliphatic hydroxyl groups is 1. The topological polar surface area (TPSA) is 29.5 Å². The zero-order valence-electron chi connectivity index (χ0n) is 11.6. The molecule has 0 radical (unpaired) electrons. The number of para-hydroxylation sites is 1. The molecule has 0 bridgehead atoms. The van der Waals surface area contributed by atoms with E-state index in [2.05, 4.69) is 0 Å². The molecule has 2 aromatic rings. The zero-order chi connectivity index (χ0) is 14.1. The highest BCUT2D eigenvalue weighted by Gasteiger charge is 2.17. The molecular weight excluding hydrogens is 248 g/mol. The number of hydrogen-bond donors (Lipinski definition) is 1. The summed E-state index contributed by atoms with van der Waals surface area (Å²) in [6, 6.07) is 13.3. The van der Waals surface area contributed by atoms with E-state index in [1.165, 1.54) is 5.57 Å². The first kappa shape index (κ1) is 12.5. The third kappa shape index (κ3) is 2.10. The van der Waals surface area contributed by atoms with Crippen LogP contribution in [0, 0.1) is 0 Å². The van der Waals surface area contributed by atoms with E-state index >= 15 is 0 Å². The van der Waals surface area contributed by atoms with Crippen LogP contribution < -0.4 is 15.2 Å². The Morgan fingerprint density at radius 2 is 1.75 bits per heavy atom. The van der Waals surface area contributed by atoms with Crippen molar-refractivity contribution in [3.05, 3.63) is 70.1 Å². The molecule has 0 atom stereocenters. The van der Waals surface area contributed by atoms with Crippen LogP contribution in [0.3, 0.4) is 0 Å². The fourth-order valence-electron chi connectivity index (χ4n) is 2.29. The number of hydrogen-bond acceptors (Lipinski definition) is 2. The summed E-state index contributed by atoms with van der Waals surface area (Å²) in [6.45, 7) is 4.09. The molecule has 1 aliphatic heterocycles. The Labute approximate surface area is 118 Å². The van der Waals surface area contributed by atoms with E-state index in [1.807, 2.05) is 68.5 Å². The van der Waals surface area contributed by atoms with E-state index in [9.17, 15) is 5.11 Å². The van der Waals surface area contributed by atoms with E-state index in [-0.39, 0.29) is 5.76 Å². The maximum Gasteiger partial charge on any atom is 0.139 e. The van der Waals surface area contributed by atoms with Gasteiger partial charge in [0.15, 0.2) is 0 Å². The normalized spacial score (nSPS) is 13.3. The summed E-state index contributed by atoms with van der Waals surface area (Å²) in [4.78, 5) is 0. The SMILES string of the molecule is CC(C)=C/C=c1\cccc2c1=C(O)c1ccccc1O2. The average molecular weight is 264 g/mol. The van der Waals surface area contributed by atoms with Gasteiger partial charge in [-0.05, 0) is 37.3 Å². The first-order chi connectivity index (χ1) is 9.66. The van der Waals surface area contributed by atoms with Gasteiger partial charge in [-0.15, -0.1) is 0 Å². The third-order valence-corrected chi connectivity index (χ3v) is 3.25. The molecule has 3 rings (SSSR count). The summed E-state index contributed by atoms with van der Waals surface area (Å²) >= 11 is 0. The van der Waals surface area contributed by atoms with E-state index in [0.717, 1.165) is 16.0 Å². The van der Waals surface area contributed by atoms with Crippen molar-refractivity contribution in [2.24, 2.45) is 0 Å². The lowest BCUT2D eigenvalue weighted by atomic mass is 10.0. The minimum absolute atomic E-state index is 0.274. The lowest BCUT2D eigenvalue weighted by Crippen LogP contribution is -2.30. The van der Waals surface area contributed by atoms with Gasteiger partial charge in [-0.2, -0.15) is 0 Å². The Morgan fingerprint density at radius 3 is 2.55 bits per heavy atom. The van der Waals surface area contributed by atoms with Gasteiger partial charge < -0.3 is 9.84 Å². The monoisotopic (exact) mass is 264 g/mol. The molecule has 0 spiro atoms. The largest absolute Gasteiger partial charge is 0.506 e. The number of rotatable bonds is 1. The van der Waals surface area contributed by atoms with Gasteiger partial charge in [-0.1, -0.05) is 42.0 Å². The summed E-state index contributed by atoms with van der Waals surface area (Å²) in [6.07, 6.45) is 4.03. The Bertz CT molecular complexity index is 810. The lowest BCUT2D eigenvalue weighted by Gasteiger charge is -2.17. The zero-order valence-corrected chi connectivity index (χ0v) is 11.6. The summed E-state index contributed by atoms with van der Waals surface area (Å²) < 4.78 is 5.87. The summed E-state index contributed by atoms with van der Waals surface area (Å²) in [5.41, 5.74) is 1.94. The van der Waals surface area contributed by atoms with Gasteiger partial charge >= 0.3 is 0 Å². The number of fused-ring (bicyclic) bond motifs is 2. The van der Waals surface area contributed by atoms with Gasteiger partial charge in [0.1, 0.15) is 17.3 Å². The van der Waals surface area contributed by atoms with Gasteiger partial charge in [0, 0.05) is 0 Å². The highest BCUT2D eigenvalue weighted by atomic mass is 16.5. The molecule has 0 amide bonds. The maximum atomic E-state index is 10.6. The summed E-state index contributed by atoms with van der Waals surface area (Å²) in [5, 5.41) is 12.3. The molecule has 0 unspecified atom stereocenters. The Morgan fingerprint density at radius 1 is 1.00 bits per heavy atom. The second kappa shape index (κ2) is 4.89. The minimum atomic E-state index is 0.274. The van der Waals surface area contributed by atoms with Gasteiger partial charge in [0.25, 0.3) is 0 Å². The quantitative estimate of drug-likeness (QED) is 0.856. The molecule has 2 heteroatoms. The van der Waals surface area contributed by atoms with Crippen molar-refractivity contribution < 1.29 is 9.84 Å². The van der Waals surface area contributed by atoms with Crippen LogP contribution in [-0.2, 0) is 0 Å². The lowest BCUT2D eigenvalue weighted by molar-refractivity contribution is 0.441. The molecule has 20 heavy (non-hydrogen) atoms. The van der Waals surface area contributed by atoms with Crippen LogP contribution in [0.2, 0.25) is 0 Å². The maximum absolute atomic E-state index is 10.6. The van der Waals surface area contributed by atoms with E-state index in [1.54, 1.807) is 0 Å². The van der Waals surface area contributed by atoms with E-state index < -0.39 is 0 Å². The number of aliphatic hydroxyl groups excluding tert-OH is 1. The third-order valence-electron chi connectivity index (χ3n) is 3.25. The van der Waals surface area contributed by atoms with Crippen LogP contribution in [0.15, 0.2) is 54.1 Å². The smallest absolute Gasteiger partial charge is 0.139 e. The van der Waals surface area contributed by atoms with Crippen LogP contribution in [0.25, 0.3) is 11.8 Å². The van der Waals surface area contributed by atoms with Crippen LogP contribution in [0.4, 0.5) is 0 Å².